The third-order valence-electron chi connectivity index (χ3n) is 4.04. The average Bonchev–Trinajstić information content (AvgIpc) is 2.89. The molecule has 5 nitrogen and oxygen atoms in total. The third kappa shape index (κ3) is 3.33. The van der Waals surface area contributed by atoms with Crippen molar-refractivity contribution in [2.24, 2.45) is 5.92 Å². The van der Waals surface area contributed by atoms with E-state index in [4.69, 9.17) is 4.74 Å². The molecule has 0 aromatic carbocycles. The maximum absolute atomic E-state index is 12.5. The maximum Gasteiger partial charge on any atom is 0.261 e. The molecule has 0 aliphatic carbocycles. The quantitative estimate of drug-likeness (QED) is 0.691. The van der Waals surface area contributed by atoms with Gasteiger partial charge in [0.15, 0.2) is 0 Å². The summed E-state index contributed by atoms with van der Waals surface area (Å²) >= 11 is 0. The van der Waals surface area contributed by atoms with E-state index in [9.17, 15) is 18.4 Å². The zero-order valence-electron chi connectivity index (χ0n) is 12.4. The van der Waals surface area contributed by atoms with Gasteiger partial charge in [0.25, 0.3) is 6.43 Å². The van der Waals surface area contributed by atoms with E-state index >= 15 is 0 Å². The molecule has 0 aromatic heterocycles. The van der Waals surface area contributed by atoms with Crippen LogP contribution in [-0.2, 0) is 14.3 Å². The molecule has 21 heavy (non-hydrogen) atoms. The fourth-order valence-corrected chi connectivity index (χ4v) is 3.15. The van der Waals surface area contributed by atoms with Crippen LogP contribution in [0.15, 0.2) is 0 Å². The Bertz CT molecular complexity index is 404. The van der Waals surface area contributed by atoms with E-state index < -0.39 is 19.1 Å². The van der Waals surface area contributed by atoms with Crippen molar-refractivity contribution >= 4 is 11.8 Å². The lowest BCUT2D eigenvalue weighted by Gasteiger charge is -2.43. The fourth-order valence-electron chi connectivity index (χ4n) is 3.15. The predicted octanol–water partition coefficient (Wildman–Crippen LogP) is 1.13. The Kier molecular flexibility index (Phi) is 5.13. The van der Waals surface area contributed by atoms with Crippen molar-refractivity contribution in [3.8, 4) is 0 Å². The van der Waals surface area contributed by atoms with Gasteiger partial charge in [0, 0.05) is 13.1 Å². The SMILES string of the molecule is CC(C)C1C(=O)N2CCCC2C(=O)N1CCOCC(F)F. The molecule has 2 aliphatic heterocycles. The number of alkyl halides is 2. The van der Waals surface area contributed by atoms with Gasteiger partial charge in [0.1, 0.15) is 18.7 Å². The molecule has 0 aromatic rings. The molecule has 0 N–H and O–H groups in total. The van der Waals surface area contributed by atoms with Crippen LogP contribution in [0.4, 0.5) is 8.78 Å². The largest absolute Gasteiger partial charge is 0.374 e. The first-order chi connectivity index (χ1) is 9.93. The molecule has 2 heterocycles. The van der Waals surface area contributed by atoms with Crippen LogP contribution in [0.5, 0.6) is 0 Å². The summed E-state index contributed by atoms with van der Waals surface area (Å²) in [6.07, 6.45) is -0.998. The van der Waals surface area contributed by atoms with Gasteiger partial charge in [-0.3, -0.25) is 9.59 Å². The Labute approximate surface area is 123 Å². The topological polar surface area (TPSA) is 49.9 Å². The summed E-state index contributed by atoms with van der Waals surface area (Å²) in [5.74, 6) is -0.120. The van der Waals surface area contributed by atoms with Crippen LogP contribution < -0.4 is 0 Å². The molecule has 0 radical (unpaired) electrons. The Morgan fingerprint density at radius 2 is 2.00 bits per heavy atom. The van der Waals surface area contributed by atoms with E-state index in [0.29, 0.717) is 13.0 Å². The molecule has 2 atom stereocenters. The summed E-state index contributed by atoms with van der Waals surface area (Å²) in [6.45, 7) is 3.98. The van der Waals surface area contributed by atoms with Crippen molar-refractivity contribution in [2.75, 3.05) is 26.3 Å². The number of carbonyl (C=O) groups excluding carboxylic acids is 2. The highest BCUT2D eigenvalue weighted by molar-refractivity contribution is 5.97. The van der Waals surface area contributed by atoms with E-state index in [1.54, 1.807) is 4.90 Å². The first-order valence-electron chi connectivity index (χ1n) is 7.40. The zero-order chi connectivity index (χ0) is 15.6. The van der Waals surface area contributed by atoms with Crippen LogP contribution in [0, 0.1) is 5.92 Å². The Hall–Kier alpha value is -1.24. The molecule has 120 valence electrons. The Balaban J connectivity index is 2.04. The van der Waals surface area contributed by atoms with Crippen LogP contribution in [0.3, 0.4) is 0 Å². The fraction of sp³-hybridized carbons (Fsp3) is 0.857. The van der Waals surface area contributed by atoms with Crippen molar-refractivity contribution in [3.63, 3.8) is 0 Å². The maximum atomic E-state index is 12.5. The lowest BCUT2D eigenvalue weighted by atomic mass is 9.96. The van der Waals surface area contributed by atoms with Gasteiger partial charge in [0.2, 0.25) is 11.8 Å². The number of rotatable bonds is 6. The summed E-state index contributed by atoms with van der Waals surface area (Å²) in [5, 5.41) is 0. The summed E-state index contributed by atoms with van der Waals surface area (Å²) in [7, 11) is 0. The van der Waals surface area contributed by atoms with Gasteiger partial charge in [0.05, 0.1) is 6.61 Å². The minimum Gasteiger partial charge on any atom is -0.374 e. The molecule has 0 saturated carbocycles. The van der Waals surface area contributed by atoms with Crippen LogP contribution >= 0.6 is 0 Å². The minimum atomic E-state index is -2.52. The number of ether oxygens (including phenoxy) is 1. The molecule has 2 aliphatic rings. The van der Waals surface area contributed by atoms with E-state index in [-0.39, 0.29) is 36.9 Å². The van der Waals surface area contributed by atoms with Crippen LogP contribution in [-0.4, -0.2) is 66.4 Å². The number of halogens is 2. The number of hydrogen-bond acceptors (Lipinski definition) is 3. The second kappa shape index (κ2) is 6.68. The second-order valence-electron chi connectivity index (χ2n) is 5.88. The van der Waals surface area contributed by atoms with Crippen LogP contribution in [0.1, 0.15) is 26.7 Å². The van der Waals surface area contributed by atoms with E-state index in [1.165, 1.54) is 4.90 Å². The van der Waals surface area contributed by atoms with Gasteiger partial charge < -0.3 is 14.5 Å². The molecular formula is C14H22F2N2O3. The van der Waals surface area contributed by atoms with Crippen molar-refractivity contribution < 1.29 is 23.1 Å². The molecule has 2 saturated heterocycles. The first kappa shape index (κ1) is 16.1. The lowest BCUT2D eigenvalue weighted by molar-refractivity contribution is -0.162. The van der Waals surface area contributed by atoms with E-state index in [1.807, 2.05) is 13.8 Å². The van der Waals surface area contributed by atoms with Crippen molar-refractivity contribution in [1.82, 2.24) is 9.80 Å². The molecule has 0 spiro atoms. The number of nitrogens with zero attached hydrogens (tertiary/aromatic N) is 2. The Morgan fingerprint density at radius 3 is 2.62 bits per heavy atom. The number of hydrogen-bond donors (Lipinski definition) is 0. The molecule has 2 rings (SSSR count). The Morgan fingerprint density at radius 1 is 1.29 bits per heavy atom. The third-order valence-corrected chi connectivity index (χ3v) is 4.04. The molecule has 2 fully saturated rings. The van der Waals surface area contributed by atoms with Gasteiger partial charge >= 0.3 is 0 Å². The molecular weight excluding hydrogens is 282 g/mol. The average molecular weight is 304 g/mol. The minimum absolute atomic E-state index is 0.0156. The monoisotopic (exact) mass is 304 g/mol. The number of piperazine rings is 1. The van der Waals surface area contributed by atoms with Gasteiger partial charge in [-0.1, -0.05) is 13.8 Å². The van der Waals surface area contributed by atoms with Crippen LogP contribution in [0.2, 0.25) is 0 Å². The van der Waals surface area contributed by atoms with Crippen LogP contribution in [0.25, 0.3) is 0 Å². The summed E-state index contributed by atoms with van der Waals surface area (Å²) in [6, 6.07) is -0.885. The molecule has 2 unspecified atom stereocenters. The van der Waals surface area contributed by atoms with Crippen molar-refractivity contribution in [3.05, 3.63) is 0 Å². The lowest BCUT2D eigenvalue weighted by Crippen LogP contribution is -2.64. The summed E-state index contributed by atoms with van der Waals surface area (Å²) in [5.41, 5.74) is 0. The van der Waals surface area contributed by atoms with Gasteiger partial charge in [-0.2, -0.15) is 0 Å². The number of amides is 2. The normalized spacial score (nSPS) is 26.2. The second-order valence-corrected chi connectivity index (χ2v) is 5.88. The van der Waals surface area contributed by atoms with Crippen molar-refractivity contribution in [1.29, 1.82) is 0 Å². The molecule has 0 bridgehead atoms. The highest BCUT2D eigenvalue weighted by Crippen LogP contribution is 2.29. The highest BCUT2D eigenvalue weighted by atomic mass is 19.3. The highest BCUT2D eigenvalue weighted by Gasteiger charge is 2.48. The van der Waals surface area contributed by atoms with E-state index in [2.05, 4.69) is 0 Å². The standard InChI is InChI=1S/C14H22F2N2O3/c1-9(2)12-14(20)17-5-3-4-10(17)13(19)18(12)6-7-21-8-11(15)16/h9-12H,3-8H2,1-2H3. The van der Waals surface area contributed by atoms with Crippen molar-refractivity contribution in [2.45, 2.75) is 45.2 Å². The van der Waals surface area contributed by atoms with Gasteiger partial charge in [-0.05, 0) is 18.8 Å². The summed E-state index contributed by atoms with van der Waals surface area (Å²) in [4.78, 5) is 28.2. The number of fused-ring (bicyclic) bond motifs is 1. The zero-order valence-corrected chi connectivity index (χ0v) is 12.4. The van der Waals surface area contributed by atoms with E-state index in [0.717, 1.165) is 6.42 Å². The predicted molar refractivity (Wildman–Crippen MR) is 71.9 cm³/mol. The molecule has 7 heteroatoms. The molecule has 2 amide bonds. The van der Waals surface area contributed by atoms with Gasteiger partial charge in [-0.15, -0.1) is 0 Å². The van der Waals surface area contributed by atoms with Gasteiger partial charge in [-0.25, -0.2) is 8.78 Å². The number of carbonyl (C=O) groups is 2. The summed E-state index contributed by atoms with van der Waals surface area (Å²) < 4.78 is 29.0. The first-order valence-corrected chi connectivity index (χ1v) is 7.40. The smallest absolute Gasteiger partial charge is 0.261 e.